The zero-order valence-corrected chi connectivity index (χ0v) is 17.2. The van der Waals surface area contributed by atoms with Gasteiger partial charge in [-0.25, -0.2) is 0 Å². The van der Waals surface area contributed by atoms with Gasteiger partial charge in [-0.05, 0) is 63.3 Å². The van der Waals surface area contributed by atoms with Gasteiger partial charge in [-0.15, -0.1) is 0 Å². The van der Waals surface area contributed by atoms with Crippen molar-refractivity contribution in [2.45, 2.75) is 31.7 Å². The van der Waals surface area contributed by atoms with E-state index in [9.17, 15) is 0 Å². The molecule has 1 atom stereocenters. The van der Waals surface area contributed by atoms with E-state index in [0.717, 1.165) is 5.56 Å². The van der Waals surface area contributed by atoms with E-state index in [-0.39, 0.29) is 0 Å². The molecule has 1 saturated carbocycles. The highest BCUT2D eigenvalue weighted by Gasteiger charge is 2.29. The van der Waals surface area contributed by atoms with Gasteiger partial charge >= 0.3 is 0 Å². The number of nitrogens with zero attached hydrogens (tertiary/aromatic N) is 3. The summed E-state index contributed by atoms with van der Waals surface area (Å²) in [5.74, 6) is 2.51. The van der Waals surface area contributed by atoms with Crippen LogP contribution in [0.25, 0.3) is 17.5 Å². The lowest BCUT2D eigenvalue weighted by atomic mass is 9.76. The Labute approximate surface area is 173 Å². The molecule has 0 aliphatic heterocycles. The summed E-state index contributed by atoms with van der Waals surface area (Å²) in [6, 6.07) is 21.3. The molecule has 29 heavy (non-hydrogen) atoms. The van der Waals surface area contributed by atoms with Crippen LogP contribution >= 0.6 is 0 Å². The largest absolute Gasteiger partial charge is 0.334 e. The minimum absolute atomic E-state index is 0.491. The first-order valence-electron chi connectivity index (χ1n) is 10.5. The third-order valence-corrected chi connectivity index (χ3v) is 5.95. The molecule has 0 spiro atoms. The smallest absolute Gasteiger partial charge is 0.250 e. The molecule has 1 unspecified atom stereocenters. The zero-order valence-electron chi connectivity index (χ0n) is 17.2. The van der Waals surface area contributed by atoms with Crippen molar-refractivity contribution >= 4 is 6.08 Å². The second-order valence-corrected chi connectivity index (χ2v) is 8.18. The van der Waals surface area contributed by atoms with Crippen LogP contribution in [0.1, 0.15) is 43.2 Å². The van der Waals surface area contributed by atoms with Crippen LogP contribution in [-0.2, 0) is 0 Å². The first-order valence-corrected chi connectivity index (χ1v) is 10.5. The van der Waals surface area contributed by atoms with Crippen LogP contribution in [0.3, 0.4) is 0 Å². The van der Waals surface area contributed by atoms with E-state index in [1.807, 2.05) is 36.4 Å². The summed E-state index contributed by atoms with van der Waals surface area (Å²) in [5, 5.41) is 4.10. The van der Waals surface area contributed by atoms with E-state index in [0.29, 0.717) is 29.6 Å². The van der Waals surface area contributed by atoms with E-state index in [2.05, 4.69) is 65.5 Å². The van der Waals surface area contributed by atoms with Crippen LogP contribution in [0.15, 0.2) is 71.3 Å². The van der Waals surface area contributed by atoms with Crippen molar-refractivity contribution in [3.8, 4) is 11.4 Å². The van der Waals surface area contributed by atoms with E-state index < -0.39 is 0 Å². The van der Waals surface area contributed by atoms with Crippen LogP contribution in [0, 0.1) is 11.8 Å². The molecule has 1 heterocycles. The Morgan fingerprint density at radius 1 is 0.931 bits per heavy atom. The van der Waals surface area contributed by atoms with Gasteiger partial charge in [0.25, 0.3) is 5.89 Å². The summed E-state index contributed by atoms with van der Waals surface area (Å²) < 4.78 is 5.40. The maximum atomic E-state index is 5.40. The Hall–Kier alpha value is -2.72. The zero-order chi connectivity index (χ0) is 20.1. The molecule has 1 aromatic heterocycles. The molecular formula is C25H29N3O. The highest BCUT2D eigenvalue weighted by Crippen LogP contribution is 2.39. The van der Waals surface area contributed by atoms with Gasteiger partial charge in [0.1, 0.15) is 0 Å². The third-order valence-electron chi connectivity index (χ3n) is 5.95. The Morgan fingerprint density at radius 3 is 2.24 bits per heavy atom. The number of allylic oxidation sites excluding steroid dienone is 1. The molecule has 0 N–H and O–H groups in total. The second-order valence-electron chi connectivity index (χ2n) is 8.18. The van der Waals surface area contributed by atoms with E-state index in [1.54, 1.807) is 0 Å². The molecule has 150 valence electrons. The first-order chi connectivity index (χ1) is 14.2. The number of hydrogen-bond acceptors (Lipinski definition) is 4. The molecule has 3 aromatic rings. The molecule has 4 rings (SSSR count). The molecule has 4 heteroatoms. The monoisotopic (exact) mass is 387 g/mol. The summed E-state index contributed by atoms with van der Waals surface area (Å²) in [7, 11) is 4.40. The lowest BCUT2D eigenvalue weighted by Gasteiger charge is -2.37. The van der Waals surface area contributed by atoms with E-state index in [1.165, 1.54) is 31.2 Å². The van der Waals surface area contributed by atoms with Gasteiger partial charge < -0.3 is 9.42 Å². The van der Waals surface area contributed by atoms with Crippen molar-refractivity contribution in [1.82, 2.24) is 15.0 Å². The predicted molar refractivity (Wildman–Crippen MR) is 117 cm³/mol. The lowest BCUT2D eigenvalue weighted by Crippen LogP contribution is -2.30. The number of aromatic nitrogens is 2. The molecular weight excluding hydrogens is 358 g/mol. The fourth-order valence-corrected chi connectivity index (χ4v) is 4.52. The van der Waals surface area contributed by atoms with Crippen molar-refractivity contribution in [2.24, 2.45) is 11.8 Å². The molecule has 0 bridgehead atoms. The van der Waals surface area contributed by atoms with E-state index >= 15 is 0 Å². The maximum Gasteiger partial charge on any atom is 0.250 e. The maximum absolute atomic E-state index is 5.40. The average molecular weight is 388 g/mol. The van der Waals surface area contributed by atoms with Gasteiger partial charge in [-0.2, -0.15) is 4.98 Å². The number of rotatable bonds is 6. The van der Waals surface area contributed by atoms with Crippen LogP contribution < -0.4 is 0 Å². The fraction of sp³-hybridized carbons (Fsp3) is 0.360. The average Bonchev–Trinajstić information content (AvgIpc) is 3.24. The van der Waals surface area contributed by atoms with E-state index in [4.69, 9.17) is 4.52 Å². The molecule has 1 fully saturated rings. The van der Waals surface area contributed by atoms with Gasteiger partial charge in [0.15, 0.2) is 0 Å². The Morgan fingerprint density at radius 2 is 1.59 bits per heavy atom. The predicted octanol–water partition coefficient (Wildman–Crippen LogP) is 5.86. The molecule has 0 amide bonds. The Kier molecular flexibility index (Phi) is 6.20. The molecule has 1 aliphatic carbocycles. The summed E-state index contributed by atoms with van der Waals surface area (Å²) in [6.07, 6.45) is 9.14. The number of hydrogen-bond donors (Lipinski definition) is 0. The van der Waals surface area contributed by atoms with Gasteiger partial charge in [0.2, 0.25) is 5.82 Å². The Bertz CT molecular complexity index is 910. The summed E-state index contributed by atoms with van der Waals surface area (Å²) in [6.45, 7) is 0. The van der Waals surface area contributed by atoms with Gasteiger partial charge in [-0.3, -0.25) is 0 Å². The minimum Gasteiger partial charge on any atom is -0.334 e. The lowest BCUT2D eigenvalue weighted by molar-refractivity contribution is 0.159. The van der Waals surface area contributed by atoms with Crippen LogP contribution in [0.4, 0.5) is 0 Å². The van der Waals surface area contributed by atoms with Crippen molar-refractivity contribution in [2.75, 3.05) is 14.1 Å². The van der Waals surface area contributed by atoms with Crippen LogP contribution in [-0.4, -0.2) is 29.1 Å². The van der Waals surface area contributed by atoms with Crippen molar-refractivity contribution < 1.29 is 4.52 Å². The second kappa shape index (κ2) is 9.19. The normalized spacial score (nSPS) is 20.9. The topological polar surface area (TPSA) is 42.2 Å². The highest BCUT2D eigenvalue weighted by atomic mass is 16.5. The SMILES string of the molecule is CN(C)C(c1ccccc1)C1CCC(/C=C/c2nc(-c3ccccc3)no2)CC1. The van der Waals surface area contributed by atoms with Gasteiger partial charge in [-0.1, -0.05) is 71.9 Å². The summed E-state index contributed by atoms with van der Waals surface area (Å²) in [4.78, 5) is 6.87. The molecule has 0 saturated heterocycles. The standard InChI is InChI=1S/C25H29N3O/c1-28(2)24(20-9-5-3-6-10-20)21-16-13-19(14-17-21)15-18-23-26-25(27-29-23)22-11-7-4-8-12-22/h3-12,15,18-19,21,24H,13-14,16-17H2,1-2H3/b18-15+. The molecule has 2 aromatic carbocycles. The minimum atomic E-state index is 0.491. The molecule has 4 nitrogen and oxygen atoms in total. The van der Waals surface area contributed by atoms with Crippen molar-refractivity contribution in [3.63, 3.8) is 0 Å². The van der Waals surface area contributed by atoms with Gasteiger partial charge in [0, 0.05) is 11.6 Å². The summed E-state index contributed by atoms with van der Waals surface area (Å²) >= 11 is 0. The third kappa shape index (κ3) is 4.83. The molecule has 0 radical (unpaired) electrons. The molecule has 1 aliphatic rings. The number of benzene rings is 2. The fourth-order valence-electron chi connectivity index (χ4n) is 4.52. The van der Waals surface area contributed by atoms with Crippen LogP contribution in [0.2, 0.25) is 0 Å². The quantitative estimate of drug-likeness (QED) is 0.531. The van der Waals surface area contributed by atoms with Crippen LogP contribution in [0.5, 0.6) is 0 Å². The summed E-state index contributed by atoms with van der Waals surface area (Å²) in [5.41, 5.74) is 2.41. The highest BCUT2D eigenvalue weighted by molar-refractivity contribution is 5.55. The first kappa shape index (κ1) is 19.6. The Balaban J connectivity index is 1.36. The van der Waals surface area contributed by atoms with Gasteiger partial charge in [0.05, 0.1) is 0 Å². The van der Waals surface area contributed by atoms with Crippen molar-refractivity contribution in [3.05, 3.63) is 78.2 Å². The van der Waals surface area contributed by atoms with Crippen molar-refractivity contribution in [1.29, 1.82) is 0 Å².